The van der Waals surface area contributed by atoms with Crippen LogP contribution in [0.4, 0.5) is 11.4 Å². The van der Waals surface area contributed by atoms with Gasteiger partial charge in [0.2, 0.25) is 0 Å². The maximum absolute atomic E-state index is 13.6. The lowest BCUT2D eigenvalue weighted by Crippen LogP contribution is -2.29. The molecule has 0 aromatic heterocycles. The average molecular weight is 464 g/mol. The number of thioether (sulfide) groups is 2. The molecule has 0 radical (unpaired) electrons. The highest BCUT2D eigenvalue weighted by molar-refractivity contribution is 8.19. The number of halogens is 1. The summed E-state index contributed by atoms with van der Waals surface area (Å²) in [7, 11) is 2.00. The third-order valence-electron chi connectivity index (χ3n) is 5.01. The molecule has 1 fully saturated rings. The van der Waals surface area contributed by atoms with Crippen LogP contribution < -0.4 is 4.90 Å². The van der Waals surface area contributed by atoms with E-state index in [1.165, 1.54) is 11.8 Å². The predicted molar refractivity (Wildman–Crippen MR) is 131 cm³/mol. The van der Waals surface area contributed by atoms with Crippen LogP contribution in [-0.4, -0.2) is 23.0 Å². The van der Waals surface area contributed by atoms with Crippen LogP contribution in [0.3, 0.4) is 0 Å². The molecule has 0 saturated carbocycles. The molecule has 0 unspecified atom stereocenters. The maximum atomic E-state index is 13.6. The number of hydrogen-bond donors (Lipinski definition) is 0. The molecule has 0 aliphatic carbocycles. The van der Waals surface area contributed by atoms with Crippen molar-refractivity contribution in [2.24, 2.45) is 4.99 Å². The summed E-state index contributed by atoms with van der Waals surface area (Å²) in [6.07, 6.45) is 0. The Morgan fingerprint density at radius 1 is 0.935 bits per heavy atom. The monoisotopic (exact) mass is 463 g/mol. The van der Waals surface area contributed by atoms with E-state index in [-0.39, 0.29) is 5.91 Å². The first-order valence-corrected chi connectivity index (χ1v) is 11.7. The first-order valence-electron chi connectivity index (χ1n) is 9.73. The van der Waals surface area contributed by atoms with Gasteiger partial charge in [-0.15, -0.1) is 0 Å². The largest absolute Gasteiger partial charge is 0.337 e. The molecular formula is C24H18ClN3OS2. The number of amides is 1. The highest BCUT2D eigenvalue weighted by Crippen LogP contribution is 2.50. The van der Waals surface area contributed by atoms with E-state index in [4.69, 9.17) is 16.6 Å². The van der Waals surface area contributed by atoms with E-state index in [1.54, 1.807) is 22.7 Å². The molecule has 1 saturated heterocycles. The molecule has 3 aromatic rings. The third-order valence-corrected chi connectivity index (χ3v) is 7.68. The van der Waals surface area contributed by atoms with Crippen molar-refractivity contribution < 1.29 is 4.79 Å². The zero-order valence-corrected chi connectivity index (χ0v) is 19.0. The lowest BCUT2D eigenvalue weighted by molar-refractivity contribution is -0.122. The fourth-order valence-corrected chi connectivity index (χ4v) is 6.01. The summed E-state index contributed by atoms with van der Waals surface area (Å²) in [5.74, 6) is -0.0308. The van der Waals surface area contributed by atoms with Crippen molar-refractivity contribution >= 4 is 57.6 Å². The number of nitrogens with zero attached hydrogens (tertiary/aromatic N) is 3. The first kappa shape index (κ1) is 20.2. The van der Waals surface area contributed by atoms with Crippen LogP contribution in [0.25, 0.3) is 0 Å². The summed E-state index contributed by atoms with van der Waals surface area (Å²) in [4.78, 5) is 24.0. The van der Waals surface area contributed by atoms with Gasteiger partial charge in [-0.25, -0.2) is 4.99 Å². The Balaban J connectivity index is 1.56. The van der Waals surface area contributed by atoms with Crippen LogP contribution in [0.5, 0.6) is 0 Å². The number of carbonyl (C=O) groups is 1. The number of para-hydroxylation sites is 1. The number of fused-ring (bicyclic) bond motifs is 1. The molecule has 3 aromatic carbocycles. The zero-order chi connectivity index (χ0) is 21.4. The topological polar surface area (TPSA) is 35.9 Å². The van der Waals surface area contributed by atoms with Crippen LogP contribution in [0.1, 0.15) is 5.56 Å². The number of benzene rings is 3. The van der Waals surface area contributed by atoms with Crippen molar-refractivity contribution in [3.8, 4) is 0 Å². The number of rotatable bonds is 3. The van der Waals surface area contributed by atoms with Gasteiger partial charge in [0, 0.05) is 17.0 Å². The van der Waals surface area contributed by atoms with Crippen molar-refractivity contribution in [3.05, 3.63) is 99.4 Å². The van der Waals surface area contributed by atoms with E-state index >= 15 is 0 Å². The maximum Gasteiger partial charge on any atom is 0.269 e. The summed E-state index contributed by atoms with van der Waals surface area (Å²) in [5.41, 5.74) is 2.89. The van der Waals surface area contributed by atoms with Crippen molar-refractivity contribution in [2.75, 3.05) is 11.9 Å². The molecular weight excluding hydrogens is 446 g/mol. The molecule has 7 heteroatoms. The van der Waals surface area contributed by atoms with Gasteiger partial charge in [0.15, 0.2) is 5.17 Å². The van der Waals surface area contributed by atoms with Crippen molar-refractivity contribution in [1.29, 1.82) is 0 Å². The number of amidine groups is 1. The van der Waals surface area contributed by atoms with Gasteiger partial charge in [0.25, 0.3) is 5.91 Å². The number of aliphatic imine (C=N–C) groups is 1. The van der Waals surface area contributed by atoms with Gasteiger partial charge in [-0.2, -0.15) is 0 Å². The van der Waals surface area contributed by atoms with Gasteiger partial charge in [-0.3, -0.25) is 9.69 Å². The summed E-state index contributed by atoms with van der Waals surface area (Å²) in [6.45, 7) is 0.462. The van der Waals surface area contributed by atoms with Crippen LogP contribution in [0.2, 0.25) is 5.02 Å². The SMILES string of the molecule is CN1/C(=C2/SC(=Nc3cccc(Cl)c3)N(Cc3ccccc3)C2=O)Sc2ccccc21. The molecule has 154 valence electrons. The predicted octanol–water partition coefficient (Wildman–Crippen LogP) is 6.51. The average Bonchev–Trinajstić information content (AvgIpc) is 3.26. The van der Waals surface area contributed by atoms with Gasteiger partial charge in [-0.1, -0.05) is 71.9 Å². The number of anilines is 1. The zero-order valence-electron chi connectivity index (χ0n) is 16.7. The van der Waals surface area contributed by atoms with Crippen molar-refractivity contribution in [1.82, 2.24) is 4.90 Å². The minimum atomic E-state index is -0.0308. The molecule has 0 N–H and O–H groups in total. The standard InChI is InChI=1S/C24H18ClN3OS2/c1-27-19-12-5-6-13-20(19)30-23(27)21-22(29)28(15-16-8-3-2-4-9-16)24(31-21)26-18-11-7-10-17(25)14-18/h2-14H,15H2,1H3/b23-21-,26-24?. The summed E-state index contributed by atoms with van der Waals surface area (Å²) in [5, 5.41) is 2.21. The molecule has 31 heavy (non-hydrogen) atoms. The third kappa shape index (κ3) is 3.99. The Hall–Kier alpha value is -2.67. The molecule has 1 amide bonds. The lowest BCUT2D eigenvalue weighted by atomic mass is 10.2. The Kier molecular flexibility index (Phi) is 5.52. The minimum absolute atomic E-state index is 0.0308. The van der Waals surface area contributed by atoms with Crippen molar-refractivity contribution in [3.63, 3.8) is 0 Å². The molecule has 0 atom stereocenters. The summed E-state index contributed by atoms with van der Waals surface area (Å²) in [6, 6.07) is 25.5. The van der Waals surface area contributed by atoms with Crippen LogP contribution in [0.15, 0.2) is 98.7 Å². The Bertz CT molecular complexity index is 1230. The summed E-state index contributed by atoms with van der Waals surface area (Å²) >= 11 is 9.20. The molecule has 2 heterocycles. The smallest absolute Gasteiger partial charge is 0.269 e. The van der Waals surface area contributed by atoms with Crippen LogP contribution in [0, 0.1) is 0 Å². The first-order chi connectivity index (χ1) is 15.1. The van der Waals surface area contributed by atoms with E-state index in [0.717, 1.165) is 26.9 Å². The van der Waals surface area contributed by atoms with Gasteiger partial charge < -0.3 is 4.90 Å². The number of hydrogen-bond acceptors (Lipinski definition) is 5. The van der Waals surface area contributed by atoms with E-state index < -0.39 is 0 Å². The Morgan fingerprint density at radius 2 is 1.71 bits per heavy atom. The fraction of sp³-hybridized carbons (Fsp3) is 0.0833. The molecule has 4 nitrogen and oxygen atoms in total. The molecule has 2 aliphatic heterocycles. The molecule has 5 rings (SSSR count). The fourth-order valence-electron chi connectivity index (χ4n) is 3.48. The van der Waals surface area contributed by atoms with E-state index in [9.17, 15) is 4.79 Å². The second-order valence-corrected chi connectivity index (χ2v) is 9.56. The highest BCUT2D eigenvalue weighted by Gasteiger charge is 2.39. The van der Waals surface area contributed by atoms with Crippen LogP contribution >= 0.6 is 35.1 Å². The Labute approximate surface area is 194 Å². The Morgan fingerprint density at radius 3 is 2.48 bits per heavy atom. The molecule has 0 bridgehead atoms. The van der Waals surface area contributed by atoms with E-state index in [0.29, 0.717) is 21.6 Å². The van der Waals surface area contributed by atoms with Crippen molar-refractivity contribution in [2.45, 2.75) is 11.4 Å². The minimum Gasteiger partial charge on any atom is -0.337 e. The van der Waals surface area contributed by atoms with Gasteiger partial charge in [-0.05, 0) is 47.7 Å². The van der Waals surface area contributed by atoms with Gasteiger partial charge >= 0.3 is 0 Å². The highest BCUT2D eigenvalue weighted by atomic mass is 35.5. The second kappa shape index (κ2) is 8.46. The van der Waals surface area contributed by atoms with E-state index in [1.807, 2.05) is 67.7 Å². The quantitative estimate of drug-likeness (QED) is 0.414. The number of carbonyl (C=O) groups excluding carboxylic acids is 1. The normalized spacial score (nSPS) is 19.4. The molecule has 2 aliphatic rings. The van der Waals surface area contributed by atoms with Gasteiger partial charge in [0.05, 0.1) is 22.9 Å². The molecule has 0 spiro atoms. The summed E-state index contributed by atoms with van der Waals surface area (Å²) < 4.78 is 0. The second-order valence-electron chi connectivity index (χ2n) is 7.12. The van der Waals surface area contributed by atoms with Crippen LogP contribution in [-0.2, 0) is 11.3 Å². The lowest BCUT2D eigenvalue weighted by Gasteiger charge is -2.16. The van der Waals surface area contributed by atoms with E-state index in [2.05, 4.69) is 17.0 Å². The van der Waals surface area contributed by atoms with Gasteiger partial charge in [0.1, 0.15) is 4.91 Å².